The number of pyridine rings is 1. The van der Waals surface area contributed by atoms with Crippen LogP contribution >= 0.6 is 11.6 Å². The molecule has 4 rings (SSSR count). The van der Waals surface area contributed by atoms with E-state index >= 15 is 0 Å². The maximum absolute atomic E-state index is 12.7. The number of nitrogens with one attached hydrogen (secondary N) is 2. The Balaban J connectivity index is 1.57. The Morgan fingerprint density at radius 3 is 2.85 bits per heavy atom. The van der Waals surface area contributed by atoms with Crippen LogP contribution in [0.5, 0.6) is 0 Å². The Morgan fingerprint density at radius 1 is 1.19 bits per heavy atom. The van der Waals surface area contributed by atoms with Gasteiger partial charge in [0.2, 0.25) is 0 Å². The van der Waals surface area contributed by atoms with E-state index in [9.17, 15) is 9.59 Å². The van der Waals surface area contributed by atoms with E-state index in [1.165, 1.54) is 0 Å². The number of benzene rings is 1. The van der Waals surface area contributed by atoms with Gasteiger partial charge in [0, 0.05) is 18.0 Å². The highest BCUT2D eigenvalue weighted by molar-refractivity contribution is 6.30. The van der Waals surface area contributed by atoms with Crippen LogP contribution in [0.2, 0.25) is 5.02 Å². The second-order valence-electron chi connectivity index (χ2n) is 6.51. The minimum absolute atomic E-state index is 0.152. The number of hydroxylamine groups is 1. The fourth-order valence-electron chi connectivity index (χ4n) is 3.48. The van der Waals surface area contributed by atoms with Gasteiger partial charge in [-0.3, -0.25) is 14.8 Å². The number of aryl methyl sites for hydroxylation is 1. The van der Waals surface area contributed by atoms with Crippen molar-refractivity contribution in [1.82, 2.24) is 20.2 Å². The highest BCUT2D eigenvalue weighted by Crippen LogP contribution is 2.30. The van der Waals surface area contributed by atoms with Crippen molar-refractivity contribution >= 4 is 29.1 Å². The minimum atomic E-state index is -0.549. The van der Waals surface area contributed by atoms with Gasteiger partial charge in [0.05, 0.1) is 11.1 Å². The molecular formula is C19H17ClN4O3. The molecular weight excluding hydrogens is 368 g/mol. The lowest BCUT2D eigenvalue weighted by atomic mass is 9.86. The van der Waals surface area contributed by atoms with Crippen molar-refractivity contribution in [2.45, 2.75) is 25.3 Å². The first kappa shape index (κ1) is 17.5. The number of amides is 2. The zero-order valence-electron chi connectivity index (χ0n) is 14.3. The predicted octanol–water partition coefficient (Wildman–Crippen LogP) is 2.91. The van der Waals surface area contributed by atoms with Gasteiger partial charge in [-0.25, -0.2) is 10.5 Å². The fourth-order valence-corrected chi connectivity index (χ4v) is 3.64. The van der Waals surface area contributed by atoms with E-state index in [0.29, 0.717) is 21.9 Å². The number of nitrogens with zero attached hydrogens (tertiary/aromatic N) is 2. The first-order valence-electron chi connectivity index (χ1n) is 8.57. The van der Waals surface area contributed by atoms with Crippen LogP contribution in [0.1, 0.15) is 50.9 Å². The van der Waals surface area contributed by atoms with Crippen molar-refractivity contribution in [3.8, 4) is 0 Å². The number of hydrogen-bond acceptors (Lipinski definition) is 4. The molecule has 2 aromatic heterocycles. The van der Waals surface area contributed by atoms with Crippen LogP contribution in [0.3, 0.4) is 0 Å². The number of halogens is 1. The van der Waals surface area contributed by atoms with Crippen LogP contribution in [-0.4, -0.2) is 26.4 Å². The quantitative estimate of drug-likeness (QED) is 0.478. The summed E-state index contributed by atoms with van der Waals surface area (Å²) in [7, 11) is 0. The first-order chi connectivity index (χ1) is 13.0. The van der Waals surface area contributed by atoms with Gasteiger partial charge in [-0.05, 0) is 54.7 Å². The molecule has 0 unspecified atom stereocenters. The molecule has 8 heteroatoms. The lowest BCUT2D eigenvalue weighted by molar-refractivity contribution is 0.0706. The molecule has 0 fully saturated rings. The van der Waals surface area contributed by atoms with Crippen LogP contribution in [0.15, 0.2) is 42.7 Å². The molecule has 7 nitrogen and oxygen atoms in total. The number of fused-ring (bicyclic) bond motifs is 2. The van der Waals surface area contributed by atoms with Gasteiger partial charge in [0.1, 0.15) is 11.3 Å². The summed E-state index contributed by atoms with van der Waals surface area (Å²) >= 11 is 5.97. The van der Waals surface area contributed by atoms with Crippen molar-refractivity contribution < 1.29 is 14.8 Å². The second-order valence-corrected chi connectivity index (χ2v) is 6.95. The van der Waals surface area contributed by atoms with Crippen molar-refractivity contribution in [3.63, 3.8) is 0 Å². The molecule has 3 N–H and O–H groups in total. The summed E-state index contributed by atoms with van der Waals surface area (Å²) in [6.45, 7) is 0. The number of carbonyl (C=O) groups is 2. The Labute approximate surface area is 159 Å². The Morgan fingerprint density at radius 2 is 2.04 bits per heavy atom. The van der Waals surface area contributed by atoms with Crippen molar-refractivity contribution in [3.05, 3.63) is 70.1 Å². The van der Waals surface area contributed by atoms with E-state index in [4.69, 9.17) is 16.8 Å². The monoisotopic (exact) mass is 384 g/mol. The average Bonchev–Trinajstić information content (AvgIpc) is 3.10. The third-order valence-corrected chi connectivity index (χ3v) is 5.00. The van der Waals surface area contributed by atoms with Crippen molar-refractivity contribution in [2.75, 3.05) is 0 Å². The summed E-state index contributed by atoms with van der Waals surface area (Å²) < 4.78 is 1.71. The number of imidazole rings is 1. The molecule has 0 aliphatic heterocycles. The van der Waals surface area contributed by atoms with Gasteiger partial charge < -0.3 is 9.72 Å². The third-order valence-electron chi connectivity index (χ3n) is 4.77. The van der Waals surface area contributed by atoms with Crippen LogP contribution in [0, 0.1) is 0 Å². The van der Waals surface area contributed by atoms with Crippen LogP contribution in [0.4, 0.5) is 0 Å². The zero-order valence-corrected chi connectivity index (χ0v) is 15.0. The van der Waals surface area contributed by atoms with E-state index in [-0.39, 0.29) is 11.9 Å². The van der Waals surface area contributed by atoms with Crippen molar-refractivity contribution in [1.29, 1.82) is 0 Å². The maximum Gasteiger partial charge on any atom is 0.274 e. The molecule has 1 aromatic carbocycles. The highest BCUT2D eigenvalue weighted by Gasteiger charge is 2.24. The smallest absolute Gasteiger partial charge is 0.274 e. The Bertz CT molecular complexity index is 1050. The molecule has 27 heavy (non-hydrogen) atoms. The van der Waals surface area contributed by atoms with Gasteiger partial charge in [-0.2, -0.15) is 0 Å². The number of rotatable bonds is 3. The summed E-state index contributed by atoms with van der Waals surface area (Å²) in [6.07, 6.45) is 5.87. The van der Waals surface area contributed by atoms with Gasteiger partial charge in [0.15, 0.2) is 0 Å². The molecule has 0 radical (unpaired) electrons. The third kappa shape index (κ3) is 3.39. The largest absolute Gasteiger partial charge is 0.344 e. The maximum atomic E-state index is 12.7. The normalized spacial score (nSPS) is 16.0. The summed E-state index contributed by atoms with van der Waals surface area (Å²) in [5.41, 5.74) is 4.97. The molecule has 1 aliphatic rings. The Kier molecular flexibility index (Phi) is 4.55. The lowest BCUT2D eigenvalue weighted by Crippen LogP contribution is -2.31. The average molecular weight is 385 g/mol. The van der Waals surface area contributed by atoms with E-state index in [1.807, 2.05) is 6.07 Å². The molecule has 138 valence electrons. The van der Waals surface area contributed by atoms with E-state index in [0.717, 1.165) is 30.4 Å². The molecule has 1 atom stereocenters. The molecule has 0 saturated carbocycles. The van der Waals surface area contributed by atoms with Gasteiger partial charge in [-0.1, -0.05) is 17.7 Å². The van der Waals surface area contributed by atoms with Crippen LogP contribution in [-0.2, 0) is 6.42 Å². The zero-order chi connectivity index (χ0) is 19.0. The summed E-state index contributed by atoms with van der Waals surface area (Å²) in [5.74, 6) is -0.808. The van der Waals surface area contributed by atoms with Crippen LogP contribution < -0.4 is 10.8 Å². The number of hydrogen-bond donors (Lipinski definition) is 3. The van der Waals surface area contributed by atoms with E-state index < -0.39 is 5.91 Å². The standard InChI is InChI=1S/C19H17ClN4O3/c20-13-5-7-17-21-16(10-24(17)9-13)19(26)22-15-3-1-2-11-8-12(18(25)23-27)4-6-14(11)15/h4-10,15,27H,1-3H2,(H,22,26)(H,23,25)/t15-/m0/s1. The molecule has 2 amide bonds. The summed E-state index contributed by atoms with van der Waals surface area (Å²) in [4.78, 5) is 28.6. The van der Waals surface area contributed by atoms with Gasteiger partial charge >= 0.3 is 0 Å². The molecule has 1 aliphatic carbocycles. The molecule has 2 heterocycles. The highest BCUT2D eigenvalue weighted by atomic mass is 35.5. The SMILES string of the molecule is O=C(NO)c1ccc2c(c1)CCC[C@@H]2NC(=O)c1cn2cc(Cl)ccc2n1. The first-order valence-corrected chi connectivity index (χ1v) is 8.95. The molecule has 0 bridgehead atoms. The number of carbonyl (C=O) groups excluding carboxylic acids is 2. The molecule has 0 spiro atoms. The van der Waals surface area contributed by atoms with Crippen LogP contribution in [0.25, 0.3) is 5.65 Å². The second kappa shape index (κ2) is 7.02. The predicted molar refractivity (Wildman–Crippen MR) is 99.0 cm³/mol. The minimum Gasteiger partial charge on any atom is -0.344 e. The topological polar surface area (TPSA) is 95.7 Å². The fraction of sp³-hybridized carbons (Fsp3) is 0.211. The van der Waals surface area contributed by atoms with E-state index in [1.54, 1.807) is 46.5 Å². The van der Waals surface area contributed by atoms with Gasteiger partial charge in [-0.15, -0.1) is 0 Å². The molecule has 0 saturated heterocycles. The van der Waals surface area contributed by atoms with Gasteiger partial charge in [0.25, 0.3) is 11.8 Å². The molecule has 3 aromatic rings. The summed E-state index contributed by atoms with van der Waals surface area (Å²) in [5, 5.41) is 12.4. The lowest BCUT2D eigenvalue weighted by Gasteiger charge is -2.26. The Hall–Kier alpha value is -2.90. The summed E-state index contributed by atoms with van der Waals surface area (Å²) in [6, 6.07) is 8.55. The van der Waals surface area contributed by atoms with E-state index in [2.05, 4.69) is 10.3 Å². The number of aromatic nitrogens is 2. The van der Waals surface area contributed by atoms with Crippen molar-refractivity contribution in [2.24, 2.45) is 0 Å².